The predicted octanol–water partition coefficient (Wildman–Crippen LogP) is 2.54. The number of hydrogen-bond acceptors (Lipinski definition) is 5. The Morgan fingerprint density at radius 1 is 1.43 bits per heavy atom. The molecule has 21 heavy (non-hydrogen) atoms. The standard InChI is InChI=1S/C14H15BrN2O4/c1-8-11(14(18)17-16)5-10(21-8)7-20-13-4-3-9(19-2)6-12(13)15/h3-6H,7,16H2,1-2H3,(H,17,18). The second kappa shape index (κ2) is 6.64. The molecule has 0 aliphatic carbocycles. The molecule has 1 heterocycles. The maximum Gasteiger partial charge on any atom is 0.268 e. The molecule has 1 amide bonds. The van der Waals surface area contributed by atoms with Crippen molar-refractivity contribution in [3.63, 3.8) is 0 Å². The number of benzene rings is 1. The van der Waals surface area contributed by atoms with Crippen molar-refractivity contribution in [3.8, 4) is 11.5 Å². The highest BCUT2D eigenvalue weighted by Crippen LogP contribution is 2.30. The van der Waals surface area contributed by atoms with E-state index >= 15 is 0 Å². The minimum Gasteiger partial charge on any atom is -0.497 e. The van der Waals surface area contributed by atoms with Gasteiger partial charge in [-0.2, -0.15) is 0 Å². The Balaban J connectivity index is 2.08. The first-order valence-corrected chi connectivity index (χ1v) is 6.91. The number of methoxy groups -OCH3 is 1. The molecule has 0 unspecified atom stereocenters. The maximum absolute atomic E-state index is 11.5. The number of halogens is 1. The van der Waals surface area contributed by atoms with Gasteiger partial charge in [0.2, 0.25) is 0 Å². The van der Waals surface area contributed by atoms with E-state index in [1.807, 2.05) is 0 Å². The van der Waals surface area contributed by atoms with Crippen molar-refractivity contribution in [1.29, 1.82) is 0 Å². The van der Waals surface area contributed by atoms with Gasteiger partial charge >= 0.3 is 0 Å². The van der Waals surface area contributed by atoms with Crippen LogP contribution in [-0.4, -0.2) is 13.0 Å². The highest BCUT2D eigenvalue weighted by Gasteiger charge is 2.14. The molecule has 0 fully saturated rings. The van der Waals surface area contributed by atoms with Gasteiger partial charge in [0.1, 0.15) is 29.6 Å². The zero-order valence-electron chi connectivity index (χ0n) is 11.6. The van der Waals surface area contributed by atoms with Crippen LogP contribution in [0.25, 0.3) is 0 Å². The van der Waals surface area contributed by atoms with Gasteiger partial charge in [-0.3, -0.25) is 10.2 Å². The first-order valence-electron chi connectivity index (χ1n) is 6.11. The van der Waals surface area contributed by atoms with Crippen LogP contribution in [0.5, 0.6) is 11.5 Å². The Bertz CT molecular complexity index is 654. The molecule has 3 N–H and O–H groups in total. The largest absolute Gasteiger partial charge is 0.497 e. The number of ether oxygens (including phenoxy) is 2. The number of carbonyl (C=O) groups excluding carboxylic acids is 1. The first-order chi connectivity index (χ1) is 10.0. The summed E-state index contributed by atoms with van der Waals surface area (Å²) in [7, 11) is 1.60. The summed E-state index contributed by atoms with van der Waals surface area (Å²) in [4.78, 5) is 11.5. The summed E-state index contributed by atoms with van der Waals surface area (Å²) in [5, 5.41) is 0. The topological polar surface area (TPSA) is 86.7 Å². The van der Waals surface area contributed by atoms with E-state index in [1.54, 1.807) is 38.3 Å². The second-order valence-electron chi connectivity index (χ2n) is 4.24. The normalized spacial score (nSPS) is 10.3. The van der Waals surface area contributed by atoms with E-state index in [0.717, 1.165) is 10.2 Å². The summed E-state index contributed by atoms with van der Waals surface area (Å²) in [5.41, 5.74) is 2.46. The van der Waals surface area contributed by atoms with Gasteiger partial charge in [0.25, 0.3) is 5.91 Å². The molecule has 0 spiro atoms. The van der Waals surface area contributed by atoms with Gasteiger partial charge in [0, 0.05) is 0 Å². The molecular weight excluding hydrogens is 340 g/mol. The lowest BCUT2D eigenvalue weighted by molar-refractivity contribution is 0.0952. The molecule has 2 rings (SSSR count). The number of amides is 1. The van der Waals surface area contributed by atoms with Gasteiger partial charge in [0.15, 0.2) is 0 Å². The molecule has 0 bridgehead atoms. The van der Waals surface area contributed by atoms with Crippen LogP contribution >= 0.6 is 15.9 Å². The molecule has 6 nitrogen and oxygen atoms in total. The lowest BCUT2D eigenvalue weighted by atomic mass is 10.2. The summed E-state index contributed by atoms with van der Waals surface area (Å²) in [6, 6.07) is 6.98. The molecule has 2 aromatic rings. The number of aryl methyl sites for hydroxylation is 1. The van der Waals surface area contributed by atoms with E-state index in [4.69, 9.17) is 19.7 Å². The lowest BCUT2D eigenvalue weighted by Crippen LogP contribution is -2.30. The van der Waals surface area contributed by atoms with Crippen LogP contribution in [0.2, 0.25) is 0 Å². The third-order valence-electron chi connectivity index (χ3n) is 2.85. The van der Waals surface area contributed by atoms with Crippen LogP contribution in [0.4, 0.5) is 0 Å². The van der Waals surface area contributed by atoms with Gasteiger partial charge in [-0.1, -0.05) is 0 Å². The highest BCUT2D eigenvalue weighted by atomic mass is 79.9. The SMILES string of the molecule is COc1ccc(OCc2cc(C(=O)NN)c(C)o2)c(Br)c1. The minimum atomic E-state index is -0.395. The Morgan fingerprint density at radius 2 is 2.19 bits per heavy atom. The van der Waals surface area contributed by atoms with Gasteiger partial charge in [-0.15, -0.1) is 0 Å². The van der Waals surface area contributed by atoms with Gasteiger partial charge in [-0.25, -0.2) is 5.84 Å². The quantitative estimate of drug-likeness (QED) is 0.489. The summed E-state index contributed by atoms with van der Waals surface area (Å²) in [6.45, 7) is 1.89. The summed E-state index contributed by atoms with van der Waals surface area (Å²) in [5.74, 6) is 7.11. The predicted molar refractivity (Wildman–Crippen MR) is 80.1 cm³/mol. The zero-order valence-corrected chi connectivity index (χ0v) is 13.2. The maximum atomic E-state index is 11.5. The van der Waals surface area contributed by atoms with Crippen LogP contribution in [0.1, 0.15) is 21.9 Å². The van der Waals surface area contributed by atoms with E-state index in [0.29, 0.717) is 22.8 Å². The summed E-state index contributed by atoms with van der Waals surface area (Å²) in [6.07, 6.45) is 0. The highest BCUT2D eigenvalue weighted by molar-refractivity contribution is 9.10. The van der Waals surface area contributed by atoms with E-state index < -0.39 is 5.91 Å². The molecule has 0 radical (unpaired) electrons. The van der Waals surface area contributed by atoms with Crippen molar-refractivity contribution >= 4 is 21.8 Å². The minimum absolute atomic E-state index is 0.198. The van der Waals surface area contributed by atoms with Crippen LogP contribution in [-0.2, 0) is 6.61 Å². The molecular formula is C14H15BrN2O4. The van der Waals surface area contributed by atoms with Crippen LogP contribution in [0.15, 0.2) is 33.2 Å². The summed E-state index contributed by atoms with van der Waals surface area (Å²) < 4.78 is 17.0. The van der Waals surface area contributed by atoms with Gasteiger partial charge in [0.05, 0.1) is 17.1 Å². The molecule has 1 aromatic heterocycles. The van der Waals surface area contributed by atoms with E-state index in [9.17, 15) is 4.79 Å². The Hall–Kier alpha value is -1.99. The van der Waals surface area contributed by atoms with Crippen molar-refractivity contribution in [1.82, 2.24) is 5.43 Å². The van der Waals surface area contributed by atoms with Crippen molar-refractivity contribution < 1.29 is 18.7 Å². The van der Waals surface area contributed by atoms with Gasteiger partial charge < -0.3 is 13.9 Å². The number of hydrogen-bond donors (Lipinski definition) is 2. The molecule has 0 atom stereocenters. The number of furan rings is 1. The van der Waals surface area contributed by atoms with E-state index in [1.165, 1.54) is 0 Å². The number of hydrazine groups is 1. The number of nitrogens with two attached hydrogens (primary N) is 1. The molecule has 0 aliphatic heterocycles. The molecule has 112 valence electrons. The third kappa shape index (κ3) is 3.56. The number of nitrogens with one attached hydrogen (secondary N) is 1. The van der Waals surface area contributed by atoms with Crippen LogP contribution in [0, 0.1) is 6.92 Å². The van der Waals surface area contributed by atoms with Crippen LogP contribution < -0.4 is 20.7 Å². The Kier molecular flexibility index (Phi) is 4.87. The van der Waals surface area contributed by atoms with E-state index in [2.05, 4.69) is 21.4 Å². The number of nitrogen functional groups attached to an aromatic ring is 1. The van der Waals surface area contributed by atoms with Crippen molar-refractivity contribution in [2.45, 2.75) is 13.5 Å². The first kappa shape index (κ1) is 15.4. The monoisotopic (exact) mass is 354 g/mol. The van der Waals surface area contributed by atoms with Gasteiger partial charge in [-0.05, 0) is 47.1 Å². The average Bonchev–Trinajstić information content (AvgIpc) is 2.86. The van der Waals surface area contributed by atoms with Crippen molar-refractivity contribution in [2.75, 3.05) is 7.11 Å². The molecule has 0 saturated carbocycles. The molecule has 0 saturated heterocycles. The lowest BCUT2D eigenvalue weighted by Gasteiger charge is -2.08. The van der Waals surface area contributed by atoms with Crippen LogP contribution in [0.3, 0.4) is 0 Å². The second-order valence-corrected chi connectivity index (χ2v) is 5.10. The zero-order chi connectivity index (χ0) is 15.4. The fourth-order valence-corrected chi connectivity index (χ4v) is 2.26. The number of carbonyl (C=O) groups is 1. The fraction of sp³-hybridized carbons (Fsp3) is 0.214. The third-order valence-corrected chi connectivity index (χ3v) is 3.47. The Morgan fingerprint density at radius 3 is 2.81 bits per heavy atom. The molecule has 1 aromatic carbocycles. The smallest absolute Gasteiger partial charge is 0.268 e. The fourth-order valence-electron chi connectivity index (χ4n) is 1.79. The molecule has 7 heteroatoms. The Labute approximate surface area is 130 Å². The van der Waals surface area contributed by atoms with E-state index in [-0.39, 0.29) is 6.61 Å². The average molecular weight is 355 g/mol. The summed E-state index contributed by atoms with van der Waals surface area (Å²) >= 11 is 3.40. The van der Waals surface area contributed by atoms with Crippen molar-refractivity contribution in [2.24, 2.45) is 5.84 Å². The molecule has 0 aliphatic rings. The van der Waals surface area contributed by atoms with Crippen molar-refractivity contribution in [3.05, 3.63) is 45.8 Å². The number of rotatable bonds is 5.